The van der Waals surface area contributed by atoms with Gasteiger partial charge in [-0.15, -0.1) is 0 Å². The van der Waals surface area contributed by atoms with Gasteiger partial charge in [0.05, 0.1) is 12.2 Å². The number of esters is 1. The number of ether oxygens (including phenoxy) is 1. The first-order valence-corrected chi connectivity index (χ1v) is 12.8. The van der Waals surface area contributed by atoms with Gasteiger partial charge >= 0.3 is 11.9 Å². The maximum atomic E-state index is 11.7. The van der Waals surface area contributed by atoms with Gasteiger partial charge in [0.15, 0.2) is 0 Å². The van der Waals surface area contributed by atoms with E-state index in [-0.39, 0.29) is 35.7 Å². The minimum atomic E-state index is -0.796. The molecule has 0 aromatic rings. The third-order valence-corrected chi connectivity index (χ3v) is 6.73. The van der Waals surface area contributed by atoms with Crippen LogP contribution in [-0.2, 0) is 14.3 Å². The molecule has 0 heterocycles. The van der Waals surface area contributed by atoms with Crippen LogP contribution in [0.1, 0.15) is 112 Å². The Balaban J connectivity index is 2.31. The molecule has 0 aromatic heterocycles. The second-order valence-electron chi connectivity index (χ2n) is 11.4. The Morgan fingerprint density at radius 1 is 0.970 bits per heavy atom. The summed E-state index contributed by atoms with van der Waals surface area (Å²) >= 11 is 0. The lowest BCUT2D eigenvalue weighted by atomic mass is 9.80. The number of unbranched alkanes of at least 4 members (excludes halogenated alkanes) is 4. The number of aliphatic carboxylic acids is 1. The van der Waals surface area contributed by atoms with E-state index >= 15 is 0 Å². The van der Waals surface area contributed by atoms with Crippen molar-refractivity contribution < 1.29 is 29.6 Å². The molecule has 1 saturated carbocycles. The first-order chi connectivity index (χ1) is 15.3. The van der Waals surface area contributed by atoms with Crippen LogP contribution in [0.15, 0.2) is 12.2 Å². The number of carbonyl (C=O) groups is 2. The van der Waals surface area contributed by atoms with E-state index in [2.05, 4.69) is 13.8 Å². The fraction of sp³-hybridized carbons (Fsp3) is 0.852. The van der Waals surface area contributed by atoms with E-state index in [1.54, 1.807) is 0 Å². The molecule has 0 saturated heterocycles. The predicted molar refractivity (Wildman–Crippen MR) is 131 cm³/mol. The number of carboxylic acid groups (broad SMARTS) is 1. The quantitative estimate of drug-likeness (QED) is 0.163. The standard InChI is InChI=1S/C27H48O6/c1-26(2,3)33-25(32)14-9-7-6-8-10-19-27(4,5)23(29)18-16-20-15-17-22(28)21(20)12-11-13-24(30)31/h16,18,20-23,28-29H,6-15,17,19H2,1-5H3,(H,30,31). The molecule has 4 atom stereocenters. The number of aliphatic hydroxyl groups excluding tert-OH is 2. The van der Waals surface area contributed by atoms with E-state index in [9.17, 15) is 19.8 Å². The molecule has 192 valence electrons. The number of hydrogen-bond acceptors (Lipinski definition) is 5. The van der Waals surface area contributed by atoms with Crippen LogP contribution < -0.4 is 0 Å². The minimum absolute atomic E-state index is 0.0802. The van der Waals surface area contributed by atoms with Crippen molar-refractivity contribution in [2.45, 2.75) is 129 Å². The van der Waals surface area contributed by atoms with Gasteiger partial charge in [0.2, 0.25) is 0 Å². The Bertz CT molecular complexity index is 619. The number of aliphatic hydroxyl groups is 2. The van der Waals surface area contributed by atoms with Crippen molar-refractivity contribution in [2.75, 3.05) is 0 Å². The highest BCUT2D eigenvalue weighted by Gasteiger charge is 2.33. The van der Waals surface area contributed by atoms with Gasteiger partial charge in [0.25, 0.3) is 0 Å². The summed E-state index contributed by atoms with van der Waals surface area (Å²) < 4.78 is 5.33. The van der Waals surface area contributed by atoms with Gasteiger partial charge in [-0.1, -0.05) is 51.7 Å². The summed E-state index contributed by atoms with van der Waals surface area (Å²) in [7, 11) is 0. The zero-order valence-corrected chi connectivity index (χ0v) is 21.5. The molecular weight excluding hydrogens is 420 g/mol. The van der Waals surface area contributed by atoms with Gasteiger partial charge < -0.3 is 20.1 Å². The summed E-state index contributed by atoms with van der Waals surface area (Å²) in [6, 6.07) is 0. The molecule has 0 aliphatic heterocycles. The molecule has 0 amide bonds. The smallest absolute Gasteiger partial charge is 0.306 e. The van der Waals surface area contributed by atoms with Crippen molar-refractivity contribution in [1.82, 2.24) is 0 Å². The summed E-state index contributed by atoms with van der Waals surface area (Å²) in [5.41, 5.74) is -0.653. The molecule has 0 bridgehead atoms. The Hall–Kier alpha value is -1.40. The molecule has 4 unspecified atom stereocenters. The Kier molecular flexibility index (Phi) is 12.7. The summed E-state index contributed by atoms with van der Waals surface area (Å²) in [6.07, 6.45) is 12.5. The number of carbonyl (C=O) groups excluding carboxylic acids is 1. The number of rotatable bonds is 15. The maximum absolute atomic E-state index is 11.7. The average molecular weight is 469 g/mol. The third kappa shape index (κ3) is 12.6. The van der Waals surface area contributed by atoms with Crippen molar-refractivity contribution in [3.63, 3.8) is 0 Å². The van der Waals surface area contributed by atoms with Crippen molar-refractivity contribution in [3.8, 4) is 0 Å². The van der Waals surface area contributed by atoms with Gasteiger partial charge in [-0.25, -0.2) is 0 Å². The van der Waals surface area contributed by atoms with Crippen molar-refractivity contribution in [3.05, 3.63) is 12.2 Å². The first kappa shape index (κ1) is 29.6. The molecule has 1 fully saturated rings. The third-order valence-electron chi connectivity index (χ3n) is 6.73. The normalized spacial score (nSPS) is 22.6. The van der Waals surface area contributed by atoms with Crippen LogP contribution in [0, 0.1) is 17.3 Å². The van der Waals surface area contributed by atoms with Gasteiger partial charge in [-0.3, -0.25) is 9.59 Å². The molecule has 0 aromatic carbocycles. The van der Waals surface area contributed by atoms with Crippen LogP contribution in [0.5, 0.6) is 0 Å². The average Bonchev–Trinajstić information content (AvgIpc) is 3.03. The van der Waals surface area contributed by atoms with E-state index < -0.39 is 17.7 Å². The fourth-order valence-corrected chi connectivity index (χ4v) is 4.64. The van der Waals surface area contributed by atoms with E-state index in [1.165, 1.54) is 0 Å². The topological polar surface area (TPSA) is 104 Å². The van der Waals surface area contributed by atoms with Crippen LogP contribution in [0.25, 0.3) is 0 Å². The zero-order valence-electron chi connectivity index (χ0n) is 21.5. The lowest BCUT2D eigenvalue weighted by Gasteiger charge is -2.29. The van der Waals surface area contributed by atoms with Crippen molar-refractivity contribution in [2.24, 2.45) is 17.3 Å². The monoisotopic (exact) mass is 468 g/mol. The molecule has 0 spiro atoms. The van der Waals surface area contributed by atoms with Crippen LogP contribution >= 0.6 is 0 Å². The highest BCUT2D eigenvalue weighted by atomic mass is 16.6. The Morgan fingerprint density at radius 2 is 1.61 bits per heavy atom. The molecular formula is C27H48O6. The fourth-order valence-electron chi connectivity index (χ4n) is 4.64. The summed E-state index contributed by atoms with van der Waals surface area (Å²) in [5, 5.41) is 29.9. The summed E-state index contributed by atoms with van der Waals surface area (Å²) in [5.74, 6) is -0.645. The van der Waals surface area contributed by atoms with E-state index in [0.29, 0.717) is 19.3 Å². The van der Waals surface area contributed by atoms with Crippen LogP contribution in [0.2, 0.25) is 0 Å². The van der Waals surface area contributed by atoms with E-state index in [4.69, 9.17) is 9.84 Å². The molecule has 0 radical (unpaired) electrons. The van der Waals surface area contributed by atoms with Crippen LogP contribution in [0.4, 0.5) is 0 Å². The van der Waals surface area contributed by atoms with Gasteiger partial charge in [-0.05, 0) is 76.5 Å². The second-order valence-corrected chi connectivity index (χ2v) is 11.4. The van der Waals surface area contributed by atoms with Gasteiger partial charge in [-0.2, -0.15) is 0 Å². The lowest BCUT2D eigenvalue weighted by molar-refractivity contribution is -0.155. The predicted octanol–water partition coefficient (Wildman–Crippen LogP) is 5.64. The zero-order chi connectivity index (χ0) is 25.1. The second kappa shape index (κ2) is 14.1. The molecule has 1 aliphatic carbocycles. The molecule has 6 nitrogen and oxygen atoms in total. The minimum Gasteiger partial charge on any atom is -0.481 e. The van der Waals surface area contributed by atoms with Crippen molar-refractivity contribution >= 4 is 11.9 Å². The van der Waals surface area contributed by atoms with Crippen molar-refractivity contribution in [1.29, 1.82) is 0 Å². The molecule has 3 N–H and O–H groups in total. The Morgan fingerprint density at radius 3 is 2.24 bits per heavy atom. The first-order valence-electron chi connectivity index (χ1n) is 12.8. The highest BCUT2D eigenvalue weighted by Crippen LogP contribution is 2.37. The number of carboxylic acids is 1. The highest BCUT2D eigenvalue weighted by molar-refractivity contribution is 5.69. The van der Waals surface area contributed by atoms with Gasteiger partial charge in [0, 0.05) is 12.8 Å². The van der Waals surface area contributed by atoms with Crippen LogP contribution in [-0.4, -0.2) is 45.1 Å². The number of allylic oxidation sites excluding steroid dienone is 1. The maximum Gasteiger partial charge on any atom is 0.306 e. The van der Waals surface area contributed by atoms with Gasteiger partial charge in [0.1, 0.15) is 5.60 Å². The van der Waals surface area contributed by atoms with E-state index in [0.717, 1.165) is 51.4 Å². The largest absolute Gasteiger partial charge is 0.481 e. The lowest BCUT2D eigenvalue weighted by Crippen LogP contribution is -2.28. The van der Waals surface area contributed by atoms with Crippen LogP contribution in [0.3, 0.4) is 0 Å². The molecule has 33 heavy (non-hydrogen) atoms. The summed E-state index contributed by atoms with van der Waals surface area (Å²) in [6.45, 7) is 9.81. The summed E-state index contributed by atoms with van der Waals surface area (Å²) in [4.78, 5) is 22.5. The SMILES string of the molecule is CC(C)(C)OC(=O)CCCCCCCC(C)(C)C(O)C=CC1CCC(O)C1CCCC(=O)O. The van der Waals surface area contributed by atoms with E-state index in [1.807, 2.05) is 32.9 Å². The molecule has 1 aliphatic rings. The molecule has 1 rings (SSSR count). The number of hydrogen-bond donors (Lipinski definition) is 3. The Labute approximate surface area is 200 Å². The molecule has 6 heteroatoms.